The molecule has 5 nitrogen and oxygen atoms in total. The fourth-order valence-electron chi connectivity index (χ4n) is 3.14. The van der Waals surface area contributed by atoms with Crippen molar-refractivity contribution in [2.45, 2.75) is 13.8 Å². The monoisotopic (exact) mass is 360 g/mol. The molecule has 0 bridgehead atoms. The number of anilines is 1. The summed E-state index contributed by atoms with van der Waals surface area (Å²) in [7, 11) is 0. The summed E-state index contributed by atoms with van der Waals surface area (Å²) in [4.78, 5) is 17.3. The Kier molecular flexibility index (Phi) is 4.16. The van der Waals surface area contributed by atoms with Gasteiger partial charge in [-0.3, -0.25) is 4.79 Å². The van der Waals surface area contributed by atoms with Crippen molar-refractivity contribution in [2.24, 2.45) is 0 Å². The molecular formula is C21H17FN4O. The minimum absolute atomic E-state index is 0.306. The molecule has 2 aromatic heterocycles. The van der Waals surface area contributed by atoms with Crippen LogP contribution in [-0.2, 0) is 0 Å². The number of pyridine rings is 1. The zero-order valence-corrected chi connectivity index (χ0v) is 14.9. The summed E-state index contributed by atoms with van der Waals surface area (Å²) in [5.74, 6) is -0.266. The largest absolute Gasteiger partial charge is 0.306 e. The van der Waals surface area contributed by atoms with Gasteiger partial charge in [-0.25, -0.2) is 14.1 Å². The van der Waals surface area contributed by atoms with Gasteiger partial charge in [-0.05, 0) is 44.2 Å². The maximum absolute atomic E-state index is 14.1. The lowest BCUT2D eigenvalue weighted by Crippen LogP contribution is -2.15. The van der Waals surface area contributed by atoms with E-state index in [1.807, 2.05) is 30.3 Å². The van der Waals surface area contributed by atoms with Gasteiger partial charge < -0.3 is 5.32 Å². The third-order valence-corrected chi connectivity index (χ3v) is 4.44. The molecule has 4 rings (SSSR count). The second-order valence-electron chi connectivity index (χ2n) is 6.25. The van der Waals surface area contributed by atoms with Gasteiger partial charge in [-0.2, -0.15) is 5.10 Å². The quantitative estimate of drug-likeness (QED) is 0.588. The first-order chi connectivity index (χ1) is 13.0. The van der Waals surface area contributed by atoms with Crippen molar-refractivity contribution in [1.82, 2.24) is 14.8 Å². The normalized spacial score (nSPS) is 10.9. The minimum Gasteiger partial charge on any atom is -0.306 e. The first kappa shape index (κ1) is 16.9. The third-order valence-electron chi connectivity index (χ3n) is 4.44. The molecule has 0 saturated heterocycles. The lowest BCUT2D eigenvalue weighted by Gasteiger charge is -2.08. The van der Waals surface area contributed by atoms with E-state index < -0.39 is 5.82 Å². The van der Waals surface area contributed by atoms with Gasteiger partial charge in [-0.1, -0.05) is 30.3 Å². The van der Waals surface area contributed by atoms with Crippen LogP contribution in [0.4, 0.5) is 10.2 Å². The van der Waals surface area contributed by atoms with Crippen LogP contribution in [0.25, 0.3) is 16.6 Å². The van der Waals surface area contributed by atoms with E-state index in [9.17, 15) is 9.18 Å². The molecular weight excluding hydrogens is 343 g/mol. The van der Waals surface area contributed by atoms with Crippen LogP contribution < -0.4 is 5.32 Å². The Morgan fingerprint density at radius 1 is 1.00 bits per heavy atom. The molecule has 27 heavy (non-hydrogen) atoms. The number of fused-ring (bicyclic) bond motifs is 1. The van der Waals surface area contributed by atoms with E-state index in [1.54, 1.807) is 38.1 Å². The fraction of sp³-hybridized carbons (Fsp3) is 0.0952. The average molecular weight is 360 g/mol. The van der Waals surface area contributed by atoms with E-state index in [0.717, 1.165) is 10.9 Å². The number of amides is 1. The van der Waals surface area contributed by atoms with Crippen LogP contribution in [0.2, 0.25) is 0 Å². The van der Waals surface area contributed by atoms with Crippen LogP contribution >= 0.6 is 0 Å². The van der Waals surface area contributed by atoms with Crippen LogP contribution in [0.1, 0.15) is 21.7 Å². The highest BCUT2D eigenvalue weighted by molar-refractivity contribution is 6.05. The molecule has 0 fully saturated rings. The number of halogens is 1. The molecule has 0 aliphatic heterocycles. The number of rotatable bonds is 3. The number of nitrogens with zero attached hydrogens (tertiary/aromatic N) is 3. The lowest BCUT2D eigenvalue weighted by atomic mass is 10.1. The first-order valence-electron chi connectivity index (χ1n) is 8.53. The van der Waals surface area contributed by atoms with Crippen LogP contribution in [0.15, 0.2) is 60.7 Å². The molecule has 2 heterocycles. The first-order valence-corrected chi connectivity index (χ1v) is 8.53. The van der Waals surface area contributed by atoms with Gasteiger partial charge >= 0.3 is 0 Å². The van der Waals surface area contributed by atoms with E-state index in [4.69, 9.17) is 0 Å². The van der Waals surface area contributed by atoms with E-state index in [2.05, 4.69) is 15.4 Å². The van der Waals surface area contributed by atoms with E-state index in [-0.39, 0.29) is 5.91 Å². The molecule has 1 N–H and O–H groups in total. The van der Waals surface area contributed by atoms with Crippen molar-refractivity contribution in [3.05, 3.63) is 83.4 Å². The number of carbonyl (C=O) groups is 1. The number of hydrogen-bond acceptors (Lipinski definition) is 3. The summed E-state index contributed by atoms with van der Waals surface area (Å²) in [5.41, 5.74) is 2.60. The number of carbonyl (C=O) groups excluding carboxylic acids is 1. The Hall–Kier alpha value is -3.54. The van der Waals surface area contributed by atoms with Crippen molar-refractivity contribution < 1.29 is 9.18 Å². The molecule has 0 aliphatic rings. The van der Waals surface area contributed by atoms with Crippen LogP contribution in [0.3, 0.4) is 0 Å². The summed E-state index contributed by atoms with van der Waals surface area (Å²) in [5, 5.41) is 8.16. The fourth-order valence-corrected chi connectivity index (χ4v) is 3.14. The second-order valence-corrected chi connectivity index (χ2v) is 6.25. The molecule has 134 valence electrons. The predicted molar refractivity (Wildman–Crippen MR) is 103 cm³/mol. The number of hydrogen-bond donors (Lipinski definition) is 1. The molecule has 0 atom stereocenters. The van der Waals surface area contributed by atoms with Crippen molar-refractivity contribution in [3.63, 3.8) is 0 Å². The molecule has 6 heteroatoms. The molecule has 0 aliphatic carbocycles. The van der Waals surface area contributed by atoms with Crippen LogP contribution in [0, 0.1) is 19.7 Å². The summed E-state index contributed by atoms with van der Waals surface area (Å²) >= 11 is 0. The Morgan fingerprint density at radius 2 is 1.74 bits per heavy atom. The maximum atomic E-state index is 14.1. The van der Waals surface area contributed by atoms with Crippen molar-refractivity contribution in [1.29, 1.82) is 0 Å². The summed E-state index contributed by atoms with van der Waals surface area (Å²) in [6, 6.07) is 17.7. The Morgan fingerprint density at radius 3 is 2.56 bits per heavy atom. The van der Waals surface area contributed by atoms with E-state index in [0.29, 0.717) is 28.5 Å². The SMILES string of the molecule is Cc1nn(-c2ccccc2F)c(C)c1C(=O)Nc1ccc2ccccc2n1. The highest BCUT2D eigenvalue weighted by Crippen LogP contribution is 2.21. The highest BCUT2D eigenvalue weighted by atomic mass is 19.1. The molecule has 0 unspecified atom stereocenters. The Bertz CT molecular complexity index is 1170. The molecule has 0 saturated carbocycles. The molecule has 0 radical (unpaired) electrons. The van der Waals surface area contributed by atoms with Gasteiger partial charge in [0.15, 0.2) is 0 Å². The smallest absolute Gasteiger partial charge is 0.260 e. The van der Waals surface area contributed by atoms with Gasteiger partial charge in [0.1, 0.15) is 17.3 Å². The topological polar surface area (TPSA) is 59.8 Å². The average Bonchev–Trinajstić information content (AvgIpc) is 2.96. The zero-order valence-electron chi connectivity index (χ0n) is 14.9. The number of para-hydroxylation sites is 2. The van der Waals surface area contributed by atoms with Gasteiger partial charge in [0.25, 0.3) is 5.91 Å². The Labute approximate surface area is 155 Å². The van der Waals surface area contributed by atoms with Crippen molar-refractivity contribution >= 4 is 22.6 Å². The van der Waals surface area contributed by atoms with Gasteiger partial charge in [0.2, 0.25) is 0 Å². The summed E-state index contributed by atoms with van der Waals surface area (Å²) in [6.07, 6.45) is 0. The lowest BCUT2D eigenvalue weighted by molar-refractivity contribution is 0.102. The standard InChI is InChI=1S/C21H17FN4O/c1-13-20(14(2)26(25-13)18-10-6-4-8-16(18)22)21(27)24-19-12-11-15-7-3-5-9-17(15)23-19/h3-12H,1-2H3,(H,23,24,27). The Balaban J connectivity index is 1.68. The molecule has 0 spiro atoms. The predicted octanol–water partition coefficient (Wildman–Crippen LogP) is 4.43. The summed E-state index contributed by atoms with van der Waals surface area (Å²) < 4.78 is 15.6. The maximum Gasteiger partial charge on any atom is 0.260 e. The molecule has 1 amide bonds. The number of nitrogens with one attached hydrogen (secondary N) is 1. The minimum atomic E-state index is -0.397. The van der Waals surface area contributed by atoms with Gasteiger partial charge in [0.05, 0.1) is 22.5 Å². The van der Waals surface area contributed by atoms with Crippen molar-refractivity contribution in [3.8, 4) is 5.69 Å². The zero-order chi connectivity index (χ0) is 19.0. The van der Waals surface area contributed by atoms with Crippen LogP contribution in [-0.4, -0.2) is 20.7 Å². The van der Waals surface area contributed by atoms with Crippen molar-refractivity contribution in [2.75, 3.05) is 5.32 Å². The molecule has 4 aromatic rings. The van der Waals surface area contributed by atoms with E-state index in [1.165, 1.54) is 10.7 Å². The van der Waals surface area contributed by atoms with E-state index >= 15 is 0 Å². The number of aryl methyl sites for hydroxylation is 1. The number of benzene rings is 2. The highest BCUT2D eigenvalue weighted by Gasteiger charge is 2.21. The van der Waals surface area contributed by atoms with Gasteiger partial charge in [0, 0.05) is 5.39 Å². The third kappa shape index (κ3) is 3.06. The van der Waals surface area contributed by atoms with Gasteiger partial charge in [-0.15, -0.1) is 0 Å². The molecule has 2 aromatic carbocycles. The summed E-state index contributed by atoms with van der Waals surface area (Å²) in [6.45, 7) is 3.47. The van der Waals surface area contributed by atoms with Crippen LogP contribution in [0.5, 0.6) is 0 Å². The second kappa shape index (κ2) is 6.64. The number of aromatic nitrogens is 3.